The zero-order valence-corrected chi connectivity index (χ0v) is 37.0. The lowest BCUT2D eigenvalue weighted by Crippen LogP contribution is -2.23. The van der Waals surface area contributed by atoms with Crippen molar-refractivity contribution in [3.05, 3.63) is 30.3 Å². The van der Waals surface area contributed by atoms with Gasteiger partial charge < -0.3 is 95.5 Å². The average Bonchev–Trinajstić information content (AvgIpc) is 3.28. The third-order valence-corrected chi connectivity index (χ3v) is 7.46. The van der Waals surface area contributed by atoms with Crippen LogP contribution in [-0.4, -0.2) is 248 Å². The minimum absolute atomic E-state index is 0.0192. The van der Waals surface area contributed by atoms with E-state index in [2.05, 4.69) is 0 Å². The highest BCUT2D eigenvalue weighted by Gasteiger charge is 2.05. The van der Waals surface area contributed by atoms with Crippen molar-refractivity contribution in [3.63, 3.8) is 0 Å². The molecular formula is C42H78O20. The lowest BCUT2D eigenvalue weighted by molar-refractivity contribution is -0.0860. The minimum Gasteiger partial charge on any atom is -0.463 e. The fraction of sp³-hybridized carbons (Fsp3) is 0.857. The molecule has 2 N–H and O–H groups in total. The Morgan fingerprint density at radius 3 is 0.677 bits per heavy atom. The molecule has 0 aliphatic heterocycles. The van der Waals surface area contributed by atoms with E-state index in [0.29, 0.717) is 224 Å². The summed E-state index contributed by atoms with van der Waals surface area (Å²) in [4.78, 5) is 0. The van der Waals surface area contributed by atoms with Gasteiger partial charge >= 0.3 is 0 Å². The van der Waals surface area contributed by atoms with Gasteiger partial charge in [-0.1, -0.05) is 18.2 Å². The first-order valence-corrected chi connectivity index (χ1v) is 21.6. The Kier molecular flexibility index (Phi) is 48.8. The number of aliphatic hydroxyl groups is 2. The summed E-state index contributed by atoms with van der Waals surface area (Å²) in [6, 6.07) is 9.08. The maximum absolute atomic E-state index is 9.80. The first-order valence-electron chi connectivity index (χ1n) is 21.6. The van der Waals surface area contributed by atoms with Crippen LogP contribution in [-0.2, 0) is 80.5 Å². The van der Waals surface area contributed by atoms with E-state index in [1.165, 1.54) is 0 Å². The van der Waals surface area contributed by atoms with E-state index in [1.54, 1.807) is 12.1 Å². The summed E-state index contributed by atoms with van der Waals surface area (Å²) < 4.78 is 97.8. The van der Waals surface area contributed by atoms with Crippen LogP contribution in [0.3, 0.4) is 0 Å². The van der Waals surface area contributed by atoms with Crippen molar-refractivity contribution in [2.24, 2.45) is 0 Å². The maximum Gasteiger partial charge on any atom is 0.221 e. The van der Waals surface area contributed by atoms with E-state index >= 15 is 0 Å². The number of hydrogen-bond donors (Lipinski definition) is 2. The van der Waals surface area contributed by atoms with E-state index in [1.807, 2.05) is 18.2 Å². The first kappa shape index (κ1) is 58.3. The van der Waals surface area contributed by atoms with Gasteiger partial charge in [0.2, 0.25) is 6.29 Å². The molecule has 20 nitrogen and oxygen atoms in total. The van der Waals surface area contributed by atoms with Crippen molar-refractivity contribution in [1.82, 2.24) is 0 Å². The number of hydrogen-bond acceptors (Lipinski definition) is 20. The smallest absolute Gasteiger partial charge is 0.221 e. The Bertz CT molecular complexity index is 958. The Balaban J connectivity index is 1.60. The molecule has 366 valence electrons. The largest absolute Gasteiger partial charge is 0.463 e. The zero-order valence-electron chi connectivity index (χ0n) is 37.0. The van der Waals surface area contributed by atoms with Crippen LogP contribution in [0.25, 0.3) is 0 Å². The van der Waals surface area contributed by atoms with Crippen molar-refractivity contribution >= 4 is 0 Å². The molecule has 0 aliphatic carbocycles. The predicted octanol–water partition coefficient (Wildman–Crippen LogP) is 0.658. The Morgan fingerprint density at radius 2 is 0.468 bits per heavy atom. The van der Waals surface area contributed by atoms with Crippen molar-refractivity contribution in [2.75, 3.05) is 231 Å². The minimum atomic E-state index is -1.03. The maximum atomic E-state index is 9.80. The van der Waals surface area contributed by atoms with Gasteiger partial charge in [-0.2, -0.15) is 0 Å². The van der Waals surface area contributed by atoms with Gasteiger partial charge in [0, 0.05) is 0 Å². The lowest BCUT2D eigenvalue weighted by Gasteiger charge is -2.13. The fourth-order valence-corrected chi connectivity index (χ4v) is 4.46. The molecule has 0 aromatic heterocycles. The average molecular weight is 903 g/mol. The molecule has 0 spiro atoms. The summed E-state index contributed by atoms with van der Waals surface area (Å²) in [5, 5.41) is 18.4. The Morgan fingerprint density at radius 1 is 0.274 bits per heavy atom. The number of aliphatic hydroxyl groups excluding tert-OH is 2. The monoisotopic (exact) mass is 903 g/mol. The van der Waals surface area contributed by atoms with Gasteiger partial charge in [0.1, 0.15) is 12.4 Å². The molecule has 1 atom stereocenters. The molecule has 1 unspecified atom stereocenters. The standard InChI is InChI=1S/C42H78O20/c43-6-7-45-8-9-46-10-11-47-12-13-48-14-15-49-16-17-50-18-19-51-20-21-52-22-23-53-24-25-54-26-27-55-28-29-56-30-31-57-32-33-58-34-35-59-36-37-60-38-39-61-40-42(44)62-41-4-2-1-3-5-41/h1-5,42-44H,6-40H2. The normalized spacial score (nSPS) is 12.1. The quantitative estimate of drug-likeness (QED) is 0.0680. The SMILES string of the molecule is OCCOCCOCCOCCOCCOCCOCCOCCOCCOCCOCCOCCOCCOCCOCCOCCOCCOCC(O)Oc1ccccc1. The van der Waals surface area contributed by atoms with Crippen LogP contribution in [0.2, 0.25) is 0 Å². The van der Waals surface area contributed by atoms with Gasteiger partial charge in [-0.05, 0) is 12.1 Å². The van der Waals surface area contributed by atoms with Crippen molar-refractivity contribution < 1.29 is 95.5 Å². The fourth-order valence-electron chi connectivity index (χ4n) is 4.46. The second-order valence-electron chi connectivity index (χ2n) is 12.5. The van der Waals surface area contributed by atoms with Crippen molar-refractivity contribution in [3.8, 4) is 5.75 Å². The molecule has 0 saturated carbocycles. The van der Waals surface area contributed by atoms with Gasteiger partial charge in [-0.25, -0.2) is 0 Å². The highest BCUT2D eigenvalue weighted by Crippen LogP contribution is 2.10. The highest BCUT2D eigenvalue weighted by atomic mass is 16.6. The molecule has 20 heteroatoms. The van der Waals surface area contributed by atoms with E-state index in [-0.39, 0.29) is 13.2 Å². The molecule has 0 aliphatic rings. The Labute approximate surface area is 368 Å². The van der Waals surface area contributed by atoms with E-state index in [4.69, 9.17) is 90.4 Å². The van der Waals surface area contributed by atoms with Crippen molar-refractivity contribution in [1.29, 1.82) is 0 Å². The van der Waals surface area contributed by atoms with Gasteiger partial charge in [0.05, 0.1) is 225 Å². The van der Waals surface area contributed by atoms with E-state index in [0.717, 1.165) is 0 Å². The number of rotatable bonds is 54. The van der Waals surface area contributed by atoms with E-state index in [9.17, 15) is 5.11 Å². The molecule has 0 amide bonds. The summed E-state index contributed by atoms with van der Waals surface area (Å²) >= 11 is 0. The van der Waals surface area contributed by atoms with Crippen molar-refractivity contribution in [2.45, 2.75) is 6.29 Å². The van der Waals surface area contributed by atoms with Crippen LogP contribution >= 0.6 is 0 Å². The molecular weight excluding hydrogens is 824 g/mol. The third kappa shape index (κ3) is 47.7. The first-order chi connectivity index (χ1) is 30.8. The summed E-state index contributed by atoms with van der Waals surface area (Å²) in [6.07, 6.45) is -1.03. The Hall–Kier alpha value is -1.74. The molecule has 0 radical (unpaired) electrons. The second-order valence-corrected chi connectivity index (χ2v) is 12.5. The molecule has 1 aromatic carbocycles. The van der Waals surface area contributed by atoms with E-state index < -0.39 is 6.29 Å². The highest BCUT2D eigenvalue weighted by molar-refractivity contribution is 5.20. The molecule has 62 heavy (non-hydrogen) atoms. The summed E-state index contributed by atoms with van der Waals surface area (Å²) in [6.45, 7) is 15.7. The summed E-state index contributed by atoms with van der Waals surface area (Å²) in [5.74, 6) is 0.587. The topological polar surface area (TPSA) is 207 Å². The van der Waals surface area contributed by atoms with Gasteiger partial charge in [-0.3, -0.25) is 0 Å². The molecule has 0 heterocycles. The number of para-hydroxylation sites is 1. The van der Waals surface area contributed by atoms with Crippen LogP contribution in [0, 0.1) is 0 Å². The van der Waals surface area contributed by atoms with Crippen LogP contribution in [0.5, 0.6) is 5.75 Å². The van der Waals surface area contributed by atoms with Gasteiger partial charge in [-0.15, -0.1) is 0 Å². The number of ether oxygens (including phenoxy) is 18. The molecule has 1 aromatic rings. The summed E-state index contributed by atoms with van der Waals surface area (Å²) in [5.41, 5.74) is 0. The molecule has 0 saturated heterocycles. The van der Waals surface area contributed by atoms with Gasteiger partial charge in [0.15, 0.2) is 0 Å². The molecule has 0 bridgehead atoms. The van der Waals surface area contributed by atoms with Crippen LogP contribution in [0.4, 0.5) is 0 Å². The summed E-state index contributed by atoms with van der Waals surface area (Å²) in [7, 11) is 0. The number of benzene rings is 1. The third-order valence-electron chi connectivity index (χ3n) is 7.46. The second kappa shape index (κ2) is 51.9. The predicted molar refractivity (Wildman–Crippen MR) is 224 cm³/mol. The molecule has 0 fully saturated rings. The molecule has 1 rings (SSSR count). The van der Waals surface area contributed by atoms with Crippen LogP contribution in [0.1, 0.15) is 0 Å². The van der Waals surface area contributed by atoms with Crippen LogP contribution in [0.15, 0.2) is 30.3 Å². The van der Waals surface area contributed by atoms with Crippen LogP contribution < -0.4 is 4.74 Å². The lowest BCUT2D eigenvalue weighted by atomic mass is 10.3. The zero-order chi connectivity index (χ0) is 44.2. The van der Waals surface area contributed by atoms with Gasteiger partial charge in [0.25, 0.3) is 0 Å².